The molecule has 0 radical (unpaired) electrons. The van der Waals surface area contributed by atoms with Crippen LogP contribution in [0.4, 0.5) is 4.79 Å². The first kappa shape index (κ1) is 10.6. The van der Waals surface area contributed by atoms with Gasteiger partial charge in [-0.25, -0.2) is 4.79 Å². The van der Waals surface area contributed by atoms with Gasteiger partial charge in [0.25, 0.3) is 5.97 Å². The molecule has 0 unspecified atom stereocenters. The van der Waals surface area contributed by atoms with Crippen LogP contribution < -0.4 is 0 Å². The summed E-state index contributed by atoms with van der Waals surface area (Å²) in [5.41, 5.74) is 0. The Hall–Kier alpha value is -1.30. The molecular weight excluding hydrogens is 132 g/mol. The Morgan fingerprint density at radius 2 is 1.44 bits per heavy atom. The van der Waals surface area contributed by atoms with Gasteiger partial charge in [-0.2, -0.15) is 5.26 Å². The molecule has 54 valence electrons. The van der Waals surface area contributed by atoms with Crippen LogP contribution in [0.5, 0.6) is 0 Å². The van der Waals surface area contributed by atoms with Crippen LogP contribution >= 0.6 is 0 Å². The molecule has 0 heterocycles. The highest BCUT2D eigenvalue weighted by molar-refractivity contribution is 5.62. The van der Waals surface area contributed by atoms with E-state index >= 15 is 0 Å². The van der Waals surface area contributed by atoms with Gasteiger partial charge in [-0.1, -0.05) is 0 Å². The van der Waals surface area contributed by atoms with Gasteiger partial charge in [0.15, 0.2) is 0 Å². The Morgan fingerprint density at radius 3 is 1.44 bits per heavy atom. The maximum absolute atomic E-state index is 9.00. The molecule has 3 N–H and O–H groups in total. The Bertz CT molecular complexity index is 92.5. The van der Waals surface area contributed by atoms with Crippen molar-refractivity contribution in [3.8, 4) is 0 Å². The van der Waals surface area contributed by atoms with E-state index in [4.69, 9.17) is 25.1 Å². The summed E-state index contributed by atoms with van der Waals surface area (Å²) in [4.78, 5) is 20.6. The number of carbonyl (C=O) groups is 2. The quantitative estimate of drug-likeness (QED) is 0.327. The average Bonchev–Trinajstić information content (AvgIpc) is 1.65. The van der Waals surface area contributed by atoms with Crippen LogP contribution in [0.3, 0.4) is 0 Å². The van der Waals surface area contributed by atoms with E-state index < -0.39 is 12.1 Å². The van der Waals surface area contributed by atoms with Gasteiger partial charge in [0, 0.05) is 6.92 Å². The fourth-order valence-electron chi connectivity index (χ4n) is 0. The molecule has 0 aliphatic rings. The van der Waals surface area contributed by atoms with E-state index in [1.165, 1.54) is 0 Å². The van der Waals surface area contributed by atoms with Crippen LogP contribution in [-0.4, -0.2) is 27.6 Å². The molecule has 0 bridgehead atoms. The zero-order valence-corrected chi connectivity index (χ0v) is 4.57. The summed E-state index contributed by atoms with van der Waals surface area (Å²) in [5, 5.41) is 21.7. The molecule has 9 heavy (non-hydrogen) atoms. The van der Waals surface area contributed by atoms with Crippen molar-refractivity contribution in [2.45, 2.75) is 6.92 Å². The third-order valence-electron chi connectivity index (χ3n) is 0.0781. The molecule has 0 fully saturated rings. The highest BCUT2D eigenvalue weighted by Gasteiger charge is 1.84. The Balaban J connectivity index is 0. The maximum atomic E-state index is 9.00. The van der Waals surface area contributed by atoms with Gasteiger partial charge in [0.1, 0.15) is 0 Å². The number of hydrogen-bond acceptors (Lipinski definition) is 4. The number of hydrogen-bond donors (Lipinski definition) is 3. The van der Waals surface area contributed by atoms with Gasteiger partial charge in [-0.05, 0) is 0 Å². The summed E-state index contributed by atoms with van der Waals surface area (Å²) >= 11 is 0. The largest absolute Gasteiger partial charge is 0.537 e. The number of aliphatic carboxylic acids is 1. The summed E-state index contributed by atoms with van der Waals surface area (Å²) in [6, 6.07) is 0. The fourth-order valence-corrected chi connectivity index (χ4v) is 0. The molecule has 0 spiro atoms. The molecular formula is C3H6O6. The lowest BCUT2D eigenvalue weighted by Gasteiger charge is -1.75. The lowest BCUT2D eigenvalue weighted by atomic mass is 10.9. The van der Waals surface area contributed by atoms with Gasteiger partial charge < -0.3 is 10.2 Å². The minimum Gasteiger partial charge on any atom is -0.481 e. The van der Waals surface area contributed by atoms with Crippen LogP contribution in [0.25, 0.3) is 0 Å². The summed E-state index contributed by atoms with van der Waals surface area (Å²) in [6.45, 7) is 1.08. The second-order valence-electron chi connectivity index (χ2n) is 0.876. The van der Waals surface area contributed by atoms with Crippen molar-refractivity contribution in [2.24, 2.45) is 0 Å². The minimum atomic E-state index is -1.69. The van der Waals surface area contributed by atoms with Crippen molar-refractivity contribution in [1.82, 2.24) is 0 Å². The molecule has 6 nitrogen and oxygen atoms in total. The Kier molecular flexibility index (Phi) is 7.92. The third-order valence-corrected chi connectivity index (χ3v) is 0.0781. The first-order valence-electron chi connectivity index (χ1n) is 1.74. The summed E-state index contributed by atoms with van der Waals surface area (Å²) < 4.78 is 0. The highest BCUT2D eigenvalue weighted by Crippen LogP contribution is 1.59. The zero-order valence-electron chi connectivity index (χ0n) is 4.57. The molecule has 0 saturated carbocycles. The van der Waals surface area contributed by atoms with Crippen molar-refractivity contribution in [3.63, 3.8) is 0 Å². The average molecular weight is 138 g/mol. The summed E-state index contributed by atoms with van der Waals surface area (Å²) in [5.74, 6) is -0.833. The molecule has 0 aromatic heterocycles. The SMILES string of the molecule is CC(=O)O.O=C(O)OO. The number of rotatable bonds is 0. The van der Waals surface area contributed by atoms with E-state index in [1.54, 1.807) is 0 Å². The molecule has 0 rings (SSSR count). The van der Waals surface area contributed by atoms with Crippen LogP contribution in [0.1, 0.15) is 6.92 Å². The zero-order chi connectivity index (χ0) is 7.86. The van der Waals surface area contributed by atoms with Gasteiger partial charge in [0.2, 0.25) is 0 Å². The highest BCUT2D eigenvalue weighted by atomic mass is 17.1. The van der Waals surface area contributed by atoms with E-state index in [0.717, 1.165) is 6.92 Å². The summed E-state index contributed by atoms with van der Waals surface area (Å²) in [6.07, 6.45) is -1.69. The molecule has 0 amide bonds. The van der Waals surface area contributed by atoms with Crippen molar-refractivity contribution in [3.05, 3.63) is 0 Å². The standard InChI is InChI=1S/C2H4O2.CH2O4/c1-2(3)4;2-1(3)5-4/h1H3,(H,3,4);4H,(H,2,3). The maximum Gasteiger partial charge on any atom is 0.537 e. The van der Waals surface area contributed by atoms with Crippen LogP contribution in [0.15, 0.2) is 0 Å². The lowest BCUT2D eigenvalue weighted by Crippen LogP contribution is -1.91. The van der Waals surface area contributed by atoms with Crippen molar-refractivity contribution < 1.29 is 29.9 Å². The molecule has 0 atom stereocenters. The van der Waals surface area contributed by atoms with Gasteiger partial charge in [0.05, 0.1) is 0 Å². The van der Waals surface area contributed by atoms with E-state index in [2.05, 4.69) is 4.89 Å². The van der Waals surface area contributed by atoms with Crippen LogP contribution in [0.2, 0.25) is 0 Å². The number of carboxylic acid groups (broad SMARTS) is 2. The smallest absolute Gasteiger partial charge is 0.481 e. The van der Waals surface area contributed by atoms with Gasteiger partial charge in [-0.3, -0.25) is 9.68 Å². The normalized spacial score (nSPS) is 6.44. The second-order valence-corrected chi connectivity index (χ2v) is 0.876. The summed E-state index contributed by atoms with van der Waals surface area (Å²) in [7, 11) is 0. The first-order chi connectivity index (χ1) is 4.00. The molecule has 0 saturated heterocycles. The molecule has 0 aromatic rings. The third kappa shape index (κ3) is 302. The predicted molar refractivity (Wildman–Crippen MR) is 25.0 cm³/mol. The second kappa shape index (κ2) is 6.70. The predicted octanol–water partition coefficient (Wildman–Crippen LogP) is 0.245. The van der Waals surface area contributed by atoms with E-state index in [9.17, 15) is 0 Å². The lowest BCUT2D eigenvalue weighted by molar-refractivity contribution is -0.194. The van der Waals surface area contributed by atoms with Crippen molar-refractivity contribution in [2.75, 3.05) is 0 Å². The van der Waals surface area contributed by atoms with Crippen molar-refractivity contribution in [1.29, 1.82) is 0 Å². The number of carboxylic acids is 1. The van der Waals surface area contributed by atoms with E-state index in [-0.39, 0.29) is 0 Å². The van der Waals surface area contributed by atoms with Gasteiger partial charge >= 0.3 is 6.16 Å². The monoisotopic (exact) mass is 138 g/mol. The van der Waals surface area contributed by atoms with Gasteiger partial charge in [-0.15, -0.1) is 0 Å². The van der Waals surface area contributed by atoms with E-state index in [0.29, 0.717) is 0 Å². The molecule has 0 aliphatic carbocycles. The fraction of sp³-hybridized carbons (Fsp3) is 0.333. The molecule has 0 aliphatic heterocycles. The molecule has 0 aromatic carbocycles. The Morgan fingerprint density at radius 1 is 1.33 bits per heavy atom. The molecule has 6 heteroatoms. The van der Waals surface area contributed by atoms with Crippen LogP contribution in [-0.2, 0) is 9.68 Å². The first-order valence-corrected chi connectivity index (χ1v) is 1.74. The van der Waals surface area contributed by atoms with Crippen LogP contribution in [0, 0.1) is 0 Å². The van der Waals surface area contributed by atoms with Crippen molar-refractivity contribution >= 4 is 12.1 Å². The van der Waals surface area contributed by atoms with E-state index in [1.807, 2.05) is 0 Å². The topological polar surface area (TPSA) is 104 Å². The Labute approximate surface area is 50.2 Å². The minimum absolute atomic E-state index is 0.833.